The maximum Gasteiger partial charge on any atom is 0.340 e. The Morgan fingerprint density at radius 1 is 1.23 bits per heavy atom. The number of nitrogens with one attached hydrogen (secondary N) is 1. The van der Waals surface area contributed by atoms with Crippen LogP contribution in [0.5, 0.6) is 0 Å². The lowest BCUT2D eigenvalue weighted by Gasteiger charge is -2.10. The quantitative estimate of drug-likeness (QED) is 0.647. The largest absolute Gasteiger partial charge is 0.459 e. The number of aryl methyl sites for hydroxylation is 1. The summed E-state index contributed by atoms with van der Waals surface area (Å²) in [6, 6.07) is 9.70. The van der Waals surface area contributed by atoms with E-state index in [1.807, 2.05) is 6.92 Å². The van der Waals surface area contributed by atoms with E-state index in [9.17, 15) is 9.59 Å². The summed E-state index contributed by atoms with van der Waals surface area (Å²) in [5, 5.41) is 13.9. The van der Waals surface area contributed by atoms with Gasteiger partial charge in [-0.05, 0) is 41.1 Å². The van der Waals surface area contributed by atoms with Crippen molar-refractivity contribution in [3.05, 3.63) is 59.8 Å². The Bertz CT molecular complexity index is 888. The molecular weight excluding hydrogens is 338 g/mol. The molecule has 3 rings (SSSR count). The van der Waals surface area contributed by atoms with Crippen molar-refractivity contribution in [2.24, 2.45) is 0 Å². The summed E-state index contributed by atoms with van der Waals surface area (Å²) in [5.41, 5.74) is 0.550. The van der Waals surface area contributed by atoms with E-state index in [0.29, 0.717) is 18.1 Å². The van der Waals surface area contributed by atoms with Gasteiger partial charge in [0.1, 0.15) is 0 Å². The molecule has 1 N–H and O–H groups in total. The highest BCUT2D eigenvalue weighted by molar-refractivity contribution is 6.06. The first-order chi connectivity index (χ1) is 12.7. The van der Waals surface area contributed by atoms with E-state index in [0.717, 1.165) is 6.42 Å². The lowest BCUT2D eigenvalue weighted by Crippen LogP contribution is -2.16. The third kappa shape index (κ3) is 3.94. The smallest absolute Gasteiger partial charge is 0.340 e. The topological polar surface area (TPSA) is 112 Å². The number of tetrazole rings is 1. The van der Waals surface area contributed by atoms with Crippen LogP contribution in [-0.4, -0.2) is 32.1 Å². The van der Waals surface area contributed by atoms with Gasteiger partial charge in [0, 0.05) is 6.54 Å². The third-order valence-electron chi connectivity index (χ3n) is 3.51. The maximum atomic E-state index is 12.4. The number of esters is 1. The number of amides is 1. The van der Waals surface area contributed by atoms with Crippen molar-refractivity contribution in [1.29, 1.82) is 0 Å². The molecule has 0 saturated heterocycles. The van der Waals surface area contributed by atoms with Gasteiger partial charge in [-0.15, -0.1) is 5.10 Å². The van der Waals surface area contributed by atoms with Crippen LogP contribution >= 0.6 is 0 Å². The summed E-state index contributed by atoms with van der Waals surface area (Å²) in [6.07, 6.45) is 2.25. The van der Waals surface area contributed by atoms with Crippen LogP contribution in [0.25, 0.3) is 0 Å². The van der Waals surface area contributed by atoms with E-state index in [1.54, 1.807) is 35.0 Å². The second-order valence-electron chi connectivity index (χ2n) is 5.37. The van der Waals surface area contributed by atoms with Crippen LogP contribution in [0.2, 0.25) is 0 Å². The van der Waals surface area contributed by atoms with Crippen molar-refractivity contribution in [2.45, 2.75) is 26.5 Å². The van der Waals surface area contributed by atoms with E-state index in [-0.39, 0.29) is 17.9 Å². The Morgan fingerprint density at radius 3 is 2.85 bits per heavy atom. The van der Waals surface area contributed by atoms with Crippen LogP contribution in [0, 0.1) is 0 Å². The molecule has 1 aromatic carbocycles. The number of benzene rings is 1. The Hall–Kier alpha value is -3.49. The minimum atomic E-state index is -0.591. The number of carbonyl (C=O) groups excluding carboxylic acids is 2. The number of nitrogens with zero attached hydrogens (tertiary/aromatic N) is 4. The van der Waals surface area contributed by atoms with Crippen molar-refractivity contribution in [2.75, 3.05) is 5.32 Å². The lowest BCUT2D eigenvalue weighted by molar-refractivity contribution is 0.0457. The molecule has 0 saturated carbocycles. The highest BCUT2D eigenvalue weighted by Crippen LogP contribution is 2.18. The van der Waals surface area contributed by atoms with Gasteiger partial charge >= 0.3 is 5.97 Å². The molecule has 0 spiro atoms. The fraction of sp³-hybridized carbons (Fsp3) is 0.235. The van der Waals surface area contributed by atoms with Gasteiger partial charge in [-0.2, -0.15) is 0 Å². The van der Waals surface area contributed by atoms with Crippen LogP contribution in [0.4, 0.5) is 5.69 Å². The number of hydrogen-bond donors (Lipinski definition) is 1. The molecule has 9 nitrogen and oxygen atoms in total. The summed E-state index contributed by atoms with van der Waals surface area (Å²) in [5.74, 6) is -0.447. The maximum absolute atomic E-state index is 12.4. The summed E-state index contributed by atoms with van der Waals surface area (Å²) >= 11 is 0. The number of furan rings is 1. The number of ether oxygens (including phenoxy) is 1. The molecule has 2 aromatic heterocycles. The van der Waals surface area contributed by atoms with Gasteiger partial charge in [0.2, 0.25) is 0 Å². The van der Waals surface area contributed by atoms with E-state index >= 15 is 0 Å². The molecule has 0 fully saturated rings. The zero-order chi connectivity index (χ0) is 18.4. The number of aromatic nitrogens is 4. The highest BCUT2D eigenvalue weighted by Gasteiger charge is 2.17. The molecule has 2 heterocycles. The normalized spacial score (nSPS) is 10.5. The van der Waals surface area contributed by atoms with Gasteiger partial charge in [0.05, 0.1) is 17.5 Å². The Balaban J connectivity index is 1.69. The van der Waals surface area contributed by atoms with Gasteiger partial charge in [-0.3, -0.25) is 4.79 Å². The van der Waals surface area contributed by atoms with Crippen molar-refractivity contribution < 1.29 is 18.7 Å². The van der Waals surface area contributed by atoms with Crippen LogP contribution < -0.4 is 5.32 Å². The van der Waals surface area contributed by atoms with Crippen LogP contribution in [0.3, 0.4) is 0 Å². The zero-order valence-corrected chi connectivity index (χ0v) is 14.1. The van der Waals surface area contributed by atoms with Crippen LogP contribution in [0.15, 0.2) is 47.1 Å². The van der Waals surface area contributed by atoms with E-state index in [2.05, 4.69) is 20.8 Å². The standard InChI is InChI=1S/C17H17N5O4/c1-2-9-22-15(19-20-21-22)11-26-17(24)12-6-3-4-7-13(12)18-16(23)14-8-5-10-25-14/h3-8,10H,2,9,11H2,1H3,(H,18,23). The molecule has 9 heteroatoms. The molecule has 134 valence electrons. The molecule has 3 aromatic rings. The number of para-hydroxylation sites is 1. The predicted octanol–water partition coefficient (Wildman–Crippen LogP) is 2.29. The Morgan fingerprint density at radius 2 is 2.08 bits per heavy atom. The number of rotatable bonds is 7. The second kappa shape index (κ2) is 8.06. The lowest BCUT2D eigenvalue weighted by atomic mass is 10.1. The molecular formula is C17H17N5O4. The molecule has 1 amide bonds. The molecule has 0 aliphatic carbocycles. The summed E-state index contributed by atoms with van der Waals surface area (Å²) in [7, 11) is 0. The summed E-state index contributed by atoms with van der Waals surface area (Å²) in [4.78, 5) is 24.5. The third-order valence-corrected chi connectivity index (χ3v) is 3.51. The molecule has 26 heavy (non-hydrogen) atoms. The fourth-order valence-corrected chi connectivity index (χ4v) is 2.28. The Labute approximate surface area is 148 Å². The minimum absolute atomic E-state index is 0.0632. The van der Waals surface area contributed by atoms with Gasteiger partial charge in [0.15, 0.2) is 18.2 Å². The van der Waals surface area contributed by atoms with Crippen molar-refractivity contribution in [3.63, 3.8) is 0 Å². The van der Waals surface area contributed by atoms with E-state index in [4.69, 9.17) is 9.15 Å². The van der Waals surface area contributed by atoms with Crippen LogP contribution in [-0.2, 0) is 17.9 Å². The van der Waals surface area contributed by atoms with Gasteiger partial charge in [-0.1, -0.05) is 19.1 Å². The highest BCUT2D eigenvalue weighted by atomic mass is 16.5. The molecule has 0 unspecified atom stereocenters. The minimum Gasteiger partial charge on any atom is -0.459 e. The van der Waals surface area contributed by atoms with Crippen molar-refractivity contribution in [1.82, 2.24) is 20.2 Å². The van der Waals surface area contributed by atoms with Gasteiger partial charge < -0.3 is 14.5 Å². The zero-order valence-electron chi connectivity index (χ0n) is 14.1. The average molecular weight is 355 g/mol. The van der Waals surface area contributed by atoms with Gasteiger partial charge in [0.25, 0.3) is 5.91 Å². The SMILES string of the molecule is CCCn1nnnc1COC(=O)c1ccccc1NC(=O)c1ccco1. The summed E-state index contributed by atoms with van der Waals surface area (Å²) in [6.45, 7) is 2.57. The first-order valence-electron chi connectivity index (χ1n) is 8.05. The Kier molecular flexibility index (Phi) is 5.37. The number of carbonyl (C=O) groups is 2. The number of hydrogen-bond acceptors (Lipinski definition) is 7. The molecule has 0 bridgehead atoms. The molecule has 0 aliphatic heterocycles. The van der Waals surface area contributed by atoms with E-state index < -0.39 is 11.9 Å². The van der Waals surface area contributed by atoms with Crippen molar-refractivity contribution >= 4 is 17.6 Å². The summed E-state index contributed by atoms with van der Waals surface area (Å²) < 4.78 is 11.9. The van der Waals surface area contributed by atoms with Gasteiger partial charge in [-0.25, -0.2) is 9.48 Å². The van der Waals surface area contributed by atoms with Crippen molar-refractivity contribution in [3.8, 4) is 0 Å². The first-order valence-corrected chi connectivity index (χ1v) is 8.05. The van der Waals surface area contributed by atoms with Crippen LogP contribution in [0.1, 0.15) is 40.1 Å². The molecule has 0 aliphatic rings. The number of anilines is 1. The monoisotopic (exact) mass is 355 g/mol. The second-order valence-corrected chi connectivity index (χ2v) is 5.37. The van der Waals surface area contributed by atoms with E-state index in [1.165, 1.54) is 12.3 Å². The molecule has 0 radical (unpaired) electrons. The fourth-order valence-electron chi connectivity index (χ4n) is 2.28. The average Bonchev–Trinajstić information content (AvgIpc) is 3.32. The first kappa shape index (κ1) is 17.3. The molecule has 0 atom stereocenters. The predicted molar refractivity (Wildman–Crippen MR) is 90.3 cm³/mol.